The second kappa shape index (κ2) is 2.34. The molecule has 0 aliphatic heterocycles. The van der Waals surface area contributed by atoms with Crippen LogP contribution in [0.15, 0.2) is 18.6 Å². The van der Waals surface area contributed by atoms with Gasteiger partial charge in [-0.1, -0.05) is 0 Å². The molecule has 0 bridgehead atoms. The number of hydrogen-bond donors (Lipinski definition) is 1. The molecule has 10 heavy (non-hydrogen) atoms. The molecule has 3 heteroatoms. The van der Waals surface area contributed by atoms with Gasteiger partial charge in [0.25, 0.3) is 0 Å². The van der Waals surface area contributed by atoms with Crippen molar-refractivity contribution in [2.24, 2.45) is 0 Å². The maximum atomic E-state index is 9.43. The van der Waals surface area contributed by atoms with Gasteiger partial charge >= 0.3 is 0 Å². The van der Waals surface area contributed by atoms with E-state index in [0.717, 1.165) is 0 Å². The highest BCUT2D eigenvalue weighted by molar-refractivity contribution is 5.03. The summed E-state index contributed by atoms with van der Waals surface area (Å²) < 4.78 is 7.13. The van der Waals surface area contributed by atoms with Crippen molar-refractivity contribution >= 4 is 0 Å². The van der Waals surface area contributed by atoms with Crippen LogP contribution in [0.4, 0.5) is 0 Å². The van der Waals surface area contributed by atoms with E-state index in [1.165, 1.54) is 12.4 Å². The van der Waals surface area contributed by atoms with Gasteiger partial charge in [0.1, 0.15) is 5.60 Å². The Bertz CT molecular complexity index is 257. The van der Waals surface area contributed by atoms with Gasteiger partial charge in [-0.2, -0.15) is 0 Å². The lowest BCUT2D eigenvalue weighted by molar-refractivity contribution is 0.0734. The van der Waals surface area contributed by atoms with Crippen molar-refractivity contribution in [2.45, 2.75) is 19.4 Å². The summed E-state index contributed by atoms with van der Waals surface area (Å²) in [5.41, 5.74) is -0.589. The molecule has 54 valence electrons. The molecule has 0 saturated carbocycles. The summed E-state index contributed by atoms with van der Waals surface area (Å²) in [5, 5.41) is 9.43. The zero-order valence-electron chi connectivity index (χ0n) is 7.00. The Labute approximate surface area is 61.2 Å². The quantitative estimate of drug-likeness (QED) is 0.623. The van der Waals surface area contributed by atoms with E-state index < -0.39 is 5.60 Å². The molecule has 0 fully saturated rings. The molecule has 0 saturated heterocycles. The molecule has 3 nitrogen and oxygen atoms in total. The highest BCUT2D eigenvalue weighted by atomic mass is 16.3. The van der Waals surface area contributed by atoms with Gasteiger partial charge in [0.2, 0.25) is 0 Å². The first-order valence-corrected chi connectivity index (χ1v) is 3.01. The van der Waals surface area contributed by atoms with Crippen molar-refractivity contribution in [3.05, 3.63) is 24.3 Å². The largest absolute Gasteiger partial charge is 0.384 e. The third-order valence-electron chi connectivity index (χ3n) is 1.14. The molecule has 0 unspecified atom stereocenters. The Morgan fingerprint density at radius 1 is 1.70 bits per heavy atom. The van der Waals surface area contributed by atoms with Crippen molar-refractivity contribution < 1.29 is 6.48 Å². The van der Waals surface area contributed by atoms with Crippen LogP contribution in [0.5, 0.6) is 0 Å². The number of nitrogens with zero attached hydrogens (tertiary/aromatic N) is 2. The normalized spacial score (nSPS) is 12.9. The van der Waals surface area contributed by atoms with Gasteiger partial charge in [-0.3, -0.25) is 9.97 Å². The Morgan fingerprint density at radius 2 is 2.40 bits per heavy atom. The molecule has 1 N–H and O–H groups in total. The average Bonchev–Trinajstić information content (AvgIpc) is 1.86. The topological polar surface area (TPSA) is 46.0 Å². The number of rotatable bonds is 1. The van der Waals surface area contributed by atoms with E-state index >= 15 is 0 Å². The minimum absolute atomic E-state index is 0.0737. The Balaban J connectivity index is 3.06. The van der Waals surface area contributed by atoms with E-state index in [1.54, 1.807) is 13.8 Å². The van der Waals surface area contributed by atoms with Crippen molar-refractivity contribution in [1.82, 2.24) is 9.97 Å². The minimum atomic E-state index is -1.01. The van der Waals surface area contributed by atoms with Crippen LogP contribution in [0.1, 0.15) is 20.9 Å². The summed E-state index contributed by atoms with van der Waals surface area (Å²) >= 11 is 0. The summed E-state index contributed by atoms with van der Waals surface area (Å²) in [6, 6.07) is 0. The van der Waals surface area contributed by atoms with Crippen LogP contribution in [-0.2, 0) is 5.60 Å². The number of aliphatic hydroxyl groups is 1. The summed E-state index contributed by atoms with van der Waals surface area (Å²) in [5.74, 6) is 0. The van der Waals surface area contributed by atoms with Crippen molar-refractivity contribution in [3.63, 3.8) is 0 Å². The molecule has 1 aromatic rings. The lowest BCUT2D eigenvalue weighted by atomic mass is 10.1. The van der Waals surface area contributed by atoms with Gasteiger partial charge < -0.3 is 5.11 Å². The third kappa shape index (κ3) is 1.51. The van der Waals surface area contributed by atoms with Gasteiger partial charge in [0.05, 0.1) is 13.3 Å². The third-order valence-corrected chi connectivity index (χ3v) is 1.14. The lowest BCUT2D eigenvalue weighted by Gasteiger charge is -2.14. The average molecular weight is 139 g/mol. The molecule has 1 rings (SSSR count). The van der Waals surface area contributed by atoms with Gasteiger partial charge in [0.15, 0.2) is 0 Å². The summed E-state index contributed by atoms with van der Waals surface area (Å²) in [4.78, 5) is 7.54. The van der Waals surface area contributed by atoms with E-state index in [1.807, 2.05) is 0 Å². The molecule has 0 aromatic carbocycles. The van der Waals surface area contributed by atoms with Crippen molar-refractivity contribution in [3.8, 4) is 0 Å². The Morgan fingerprint density at radius 3 is 2.80 bits per heavy atom. The van der Waals surface area contributed by atoms with Crippen LogP contribution in [0.25, 0.3) is 0 Å². The molecule has 0 aliphatic carbocycles. The van der Waals surface area contributed by atoms with Crippen LogP contribution >= 0.6 is 0 Å². The predicted molar refractivity (Wildman–Crippen MR) is 37.3 cm³/mol. The van der Waals surface area contributed by atoms with Crippen molar-refractivity contribution in [2.75, 3.05) is 0 Å². The molecule has 0 atom stereocenters. The second-order valence-electron chi connectivity index (χ2n) is 2.59. The summed E-state index contributed by atoms with van der Waals surface area (Å²) in [7, 11) is 0. The summed E-state index contributed by atoms with van der Waals surface area (Å²) in [6.45, 7) is 3.22. The Kier molecular flexibility index (Phi) is 1.36. The smallest absolute Gasteiger partial charge is 0.102 e. The first kappa shape index (κ1) is 5.80. The zero-order chi connectivity index (χ0) is 8.48. The molecule has 0 spiro atoms. The van der Waals surface area contributed by atoms with E-state index in [-0.39, 0.29) is 6.17 Å². The van der Waals surface area contributed by atoms with Crippen LogP contribution in [-0.4, -0.2) is 15.1 Å². The maximum Gasteiger partial charge on any atom is 0.102 e. The SMILES string of the molecule is [2H]c1cncc(C(C)(C)O)n1. The standard InChI is InChI=1S/C7H10N2O/c1-7(2,10)6-5-8-3-4-9-6/h3-5,10H,1-2H3/i4D. The number of aromatic nitrogens is 2. The van der Waals surface area contributed by atoms with E-state index in [0.29, 0.717) is 5.69 Å². The van der Waals surface area contributed by atoms with Crippen molar-refractivity contribution in [1.29, 1.82) is 0 Å². The molecule has 0 amide bonds. The maximum absolute atomic E-state index is 9.43. The zero-order valence-corrected chi connectivity index (χ0v) is 6.00. The highest BCUT2D eigenvalue weighted by Gasteiger charge is 2.16. The van der Waals surface area contributed by atoms with E-state index in [4.69, 9.17) is 1.37 Å². The molecule has 1 heterocycles. The van der Waals surface area contributed by atoms with E-state index in [9.17, 15) is 5.11 Å². The monoisotopic (exact) mass is 139 g/mol. The van der Waals surface area contributed by atoms with Crippen LogP contribution < -0.4 is 0 Å². The fourth-order valence-corrected chi connectivity index (χ4v) is 0.563. The molecule has 1 aromatic heterocycles. The highest BCUT2D eigenvalue weighted by Crippen LogP contribution is 2.14. The Hall–Kier alpha value is -0.960. The summed E-state index contributed by atoms with van der Waals surface area (Å²) in [6.07, 6.45) is 2.86. The van der Waals surface area contributed by atoms with Crippen LogP contribution in [0.2, 0.25) is 0 Å². The van der Waals surface area contributed by atoms with Crippen LogP contribution in [0.3, 0.4) is 0 Å². The fourth-order valence-electron chi connectivity index (χ4n) is 0.563. The predicted octanol–water partition coefficient (Wildman–Crippen LogP) is 0.704. The lowest BCUT2D eigenvalue weighted by Crippen LogP contribution is -2.17. The molecule has 0 aliphatic rings. The molecular formula is C7H10N2O. The fraction of sp³-hybridized carbons (Fsp3) is 0.429. The molecule has 0 radical (unpaired) electrons. The first-order chi connectivity index (χ1) is 5.00. The number of hydrogen-bond acceptors (Lipinski definition) is 3. The molecular weight excluding hydrogens is 128 g/mol. The minimum Gasteiger partial charge on any atom is -0.384 e. The van der Waals surface area contributed by atoms with E-state index in [2.05, 4.69) is 9.97 Å². The first-order valence-electron chi connectivity index (χ1n) is 3.51. The second-order valence-corrected chi connectivity index (χ2v) is 2.59. The van der Waals surface area contributed by atoms with Gasteiger partial charge in [0, 0.05) is 12.4 Å². The van der Waals surface area contributed by atoms with Gasteiger partial charge in [-0.05, 0) is 13.8 Å². The van der Waals surface area contributed by atoms with Crippen LogP contribution in [0, 0.1) is 0 Å². The van der Waals surface area contributed by atoms with Gasteiger partial charge in [-0.15, -0.1) is 0 Å². The van der Waals surface area contributed by atoms with Gasteiger partial charge in [-0.25, -0.2) is 0 Å².